The van der Waals surface area contributed by atoms with E-state index in [4.69, 9.17) is 20.3 Å². The molecule has 198 valence electrons. The number of amides is 2. The van der Waals surface area contributed by atoms with Crippen LogP contribution in [0.5, 0.6) is 5.75 Å². The number of nitrogens with zero attached hydrogens (tertiary/aromatic N) is 4. The zero-order chi connectivity index (χ0) is 26.7. The summed E-state index contributed by atoms with van der Waals surface area (Å²) in [6.45, 7) is 4.04. The molecule has 1 aromatic heterocycles. The third kappa shape index (κ3) is 8.34. The first-order chi connectivity index (χ1) is 17.8. The molecule has 12 nitrogen and oxygen atoms in total. The van der Waals surface area contributed by atoms with Gasteiger partial charge < -0.3 is 30.9 Å². The first-order valence-corrected chi connectivity index (χ1v) is 11.9. The first-order valence-electron chi connectivity index (χ1n) is 11.9. The summed E-state index contributed by atoms with van der Waals surface area (Å²) in [6, 6.07) is 15.8. The van der Waals surface area contributed by atoms with E-state index in [1.54, 1.807) is 38.1 Å². The molecule has 0 aliphatic carbocycles. The number of ether oxygens (including phenoxy) is 2. The molecule has 0 radical (unpaired) electrons. The standard InChI is InChI=1S/C25H33N7O5/c1-25(2,26)24(35)28-20(17-36-16-18-8-4-3-5-9-18)22-29-30-31-32(22)13-15-37-21-11-7-6-10-19(21)23(34)27-12-14-33/h3-11,20,33H,12-17,26H2,1-2H3,(H,27,34)(H,28,35)/t20-/m1/s1. The smallest absolute Gasteiger partial charge is 0.255 e. The summed E-state index contributed by atoms with van der Waals surface area (Å²) in [5.74, 6) is 0.0293. The maximum atomic E-state index is 12.6. The lowest BCUT2D eigenvalue weighted by atomic mass is 10.1. The van der Waals surface area contributed by atoms with Gasteiger partial charge in [0.15, 0.2) is 5.82 Å². The minimum atomic E-state index is -1.11. The van der Waals surface area contributed by atoms with E-state index >= 15 is 0 Å². The molecule has 1 heterocycles. The van der Waals surface area contributed by atoms with Crippen LogP contribution >= 0.6 is 0 Å². The Labute approximate surface area is 215 Å². The minimum absolute atomic E-state index is 0.117. The van der Waals surface area contributed by atoms with Crippen LogP contribution in [0.1, 0.15) is 41.6 Å². The topological polar surface area (TPSA) is 167 Å². The first kappa shape index (κ1) is 27.7. The summed E-state index contributed by atoms with van der Waals surface area (Å²) in [5.41, 5.74) is 6.19. The molecule has 0 spiro atoms. The highest BCUT2D eigenvalue weighted by Gasteiger charge is 2.28. The molecular formula is C25H33N7O5. The number of carbonyl (C=O) groups excluding carboxylic acids is 2. The van der Waals surface area contributed by atoms with Crippen molar-refractivity contribution >= 4 is 11.8 Å². The summed E-state index contributed by atoms with van der Waals surface area (Å²) in [5, 5.41) is 26.3. The number of rotatable bonds is 14. The lowest BCUT2D eigenvalue weighted by molar-refractivity contribution is -0.126. The Morgan fingerprint density at radius 3 is 2.59 bits per heavy atom. The summed E-state index contributed by atoms with van der Waals surface area (Å²) in [7, 11) is 0. The number of benzene rings is 2. The molecule has 12 heteroatoms. The molecule has 0 aliphatic heterocycles. The van der Waals surface area contributed by atoms with Gasteiger partial charge in [-0.05, 0) is 42.0 Å². The molecule has 2 aromatic carbocycles. The molecule has 0 saturated carbocycles. The number of aliphatic hydroxyl groups is 1. The van der Waals surface area contributed by atoms with Crippen LogP contribution in [-0.4, -0.2) is 69.0 Å². The number of nitrogens with one attached hydrogen (secondary N) is 2. The van der Waals surface area contributed by atoms with E-state index in [0.29, 0.717) is 23.7 Å². The highest BCUT2D eigenvalue weighted by atomic mass is 16.5. The molecule has 5 N–H and O–H groups in total. The molecule has 0 fully saturated rings. The van der Waals surface area contributed by atoms with E-state index in [1.807, 2.05) is 30.3 Å². The number of tetrazole rings is 1. The van der Waals surface area contributed by atoms with Crippen LogP contribution in [0.25, 0.3) is 0 Å². The third-order valence-electron chi connectivity index (χ3n) is 5.25. The zero-order valence-electron chi connectivity index (χ0n) is 21.0. The van der Waals surface area contributed by atoms with Crippen LogP contribution in [0.2, 0.25) is 0 Å². The largest absolute Gasteiger partial charge is 0.491 e. The van der Waals surface area contributed by atoms with Gasteiger partial charge in [0.2, 0.25) is 5.91 Å². The van der Waals surface area contributed by atoms with Crippen LogP contribution in [0, 0.1) is 0 Å². The van der Waals surface area contributed by atoms with Crippen LogP contribution in [0.3, 0.4) is 0 Å². The SMILES string of the molecule is CC(C)(N)C(=O)N[C@H](COCc1ccccc1)c1nnnn1CCOc1ccccc1C(=O)NCCO. The number of carbonyl (C=O) groups is 2. The van der Waals surface area contributed by atoms with Crippen LogP contribution in [0.4, 0.5) is 0 Å². The molecule has 37 heavy (non-hydrogen) atoms. The maximum absolute atomic E-state index is 12.6. The predicted molar refractivity (Wildman–Crippen MR) is 134 cm³/mol. The maximum Gasteiger partial charge on any atom is 0.255 e. The van der Waals surface area contributed by atoms with Crippen molar-refractivity contribution in [3.05, 3.63) is 71.5 Å². The van der Waals surface area contributed by atoms with Crippen LogP contribution in [0.15, 0.2) is 54.6 Å². The van der Waals surface area contributed by atoms with Gasteiger partial charge in [-0.3, -0.25) is 9.59 Å². The number of para-hydroxylation sites is 1. The molecular weight excluding hydrogens is 478 g/mol. The predicted octanol–water partition coefficient (Wildman–Crippen LogP) is 0.586. The fourth-order valence-electron chi connectivity index (χ4n) is 3.30. The number of aromatic nitrogens is 4. The Hall–Kier alpha value is -3.87. The second-order valence-corrected chi connectivity index (χ2v) is 8.83. The van der Waals surface area contributed by atoms with Gasteiger partial charge in [-0.1, -0.05) is 42.5 Å². The molecule has 0 bridgehead atoms. The van der Waals surface area contributed by atoms with Gasteiger partial charge in [0, 0.05) is 6.54 Å². The average molecular weight is 512 g/mol. The van der Waals surface area contributed by atoms with Crippen molar-refractivity contribution in [3.8, 4) is 5.75 Å². The lowest BCUT2D eigenvalue weighted by Crippen LogP contribution is -2.51. The Morgan fingerprint density at radius 2 is 1.86 bits per heavy atom. The summed E-state index contributed by atoms with van der Waals surface area (Å²) in [4.78, 5) is 25.0. The van der Waals surface area contributed by atoms with E-state index in [0.717, 1.165) is 5.56 Å². The van der Waals surface area contributed by atoms with Crippen molar-refractivity contribution in [2.75, 3.05) is 26.4 Å². The van der Waals surface area contributed by atoms with Crippen molar-refractivity contribution in [1.82, 2.24) is 30.8 Å². The number of nitrogens with two attached hydrogens (primary N) is 1. The van der Waals surface area contributed by atoms with Gasteiger partial charge in [-0.2, -0.15) is 0 Å². The molecule has 3 aromatic rings. The van der Waals surface area contributed by atoms with Crippen LogP contribution in [-0.2, 0) is 22.7 Å². The van der Waals surface area contributed by atoms with E-state index in [9.17, 15) is 9.59 Å². The van der Waals surface area contributed by atoms with E-state index in [-0.39, 0.29) is 44.7 Å². The van der Waals surface area contributed by atoms with Crippen molar-refractivity contribution < 1.29 is 24.2 Å². The second kappa shape index (κ2) is 13.4. The Balaban J connectivity index is 1.68. The van der Waals surface area contributed by atoms with Gasteiger partial charge >= 0.3 is 0 Å². The van der Waals surface area contributed by atoms with Crippen molar-refractivity contribution in [1.29, 1.82) is 0 Å². The van der Waals surface area contributed by atoms with Crippen LogP contribution < -0.4 is 21.1 Å². The van der Waals surface area contributed by atoms with E-state index in [2.05, 4.69) is 26.2 Å². The average Bonchev–Trinajstić information content (AvgIpc) is 3.35. The molecule has 0 saturated heterocycles. The minimum Gasteiger partial charge on any atom is -0.491 e. The highest BCUT2D eigenvalue weighted by molar-refractivity contribution is 5.96. The van der Waals surface area contributed by atoms with Crippen molar-refractivity contribution in [2.45, 2.75) is 38.6 Å². The van der Waals surface area contributed by atoms with Gasteiger partial charge in [-0.25, -0.2) is 4.68 Å². The summed E-state index contributed by atoms with van der Waals surface area (Å²) >= 11 is 0. The molecule has 3 rings (SSSR count). The quantitative estimate of drug-likeness (QED) is 0.242. The monoisotopic (exact) mass is 511 g/mol. The Morgan fingerprint density at radius 1 is 1.14 bits per heavy atom. The van der Waals surface area contributed by atoms with E-state index in [1.165, 1.54) is 4.68 Å². The fraction of sp³-hybridized carbons (Fsp3) is 0.400. The fourth-order valence-corrected chi connectivity index (χ4v) is 3.30. The lowest BCUT2D eigenvalue weighted by Gasteiger charge is -2.24. The van der Waals surface area contributed by atoms with Gasteiger partial charge in [-0.15, -0.1) is 5.10 Å². The summed E-state index contributed by atoms with van der Waals surface area (Å²) < 4.78 is 13.2. The number of hydrogen-bond donors (Lipinski definition) is 4. The Bertz CT molecular complexity index is 1150. The Kier molecular flexibility index (Phi) is 10.1. The van der Waals surface area contributed by atoms with E-state index < -0.39 is 11.6 Å². The normalized spacial score (nSPS) is 12.1. The molecule has 1 atom stereocenters. The zero-order valence-corrected chi connectivity index (χ0v) is 21.0. The second-order valence-electron chi connectivity index (χ2n) is 8.83. The molecule has 0 unspecified atom stereocenters. The highest BCUT2D eigenvalue weighted by Crippen LogP contribution is 2.18. The van der Waals surface area contributed by atoms with Gasteiger partial charge in [0.1, 0.15) is 18.4 Å². The van der Waals surface area contributed by atoms with Crippen molar-refractivity contribution in [2.24, 2.45) is 5.73 Å². The van der Waals surface area contributed by atoms with Crippen molar-refractivity contribution in [3.63, 3.8) is 0 Å². The van der Waals surface area contributed by atoms with Gasteiger partial charge in [0.05, 0.1) is 37.5 Å². The molecule has 0 aliphatic rings. The summed E-state index contributed by atoms with van der Waals surface area (Å²) in [6.07, 6.45) is 0. The van der Waals surface area contributed by atoms with Gasteiger partial charge in [0.25, 0.3) is 5.91 Å². The third-order valence-corrected chi connectivity index (χ3v) is 5.25. The number of aliphatic hydroxyl groups excluding tert-OH is 1. The number of hydrogen-bond acceptors (Lipinski definition) is 9. The molecule has 2 amide bonds.